The molecule has 0 unspecified atom stereocenters. The van der Waals surface area contributed by atoms with Gasteiger partial charge in [-0.1, -0.05) is 18.2 Å². The molecule has 1 saturated heterocycles. The summed E-state index contributed by atoms with van der Waals surface area (Å²) >= 11 is 3.74. The summed E-state index contributed by atoms with van der Waals surface area (Å²) in [6, 6.07) is 11.0. The summed E-state index contributed by atoms with van der Waals surface area (Å²) in [5.41, 5.74) is 7.48. The van der Waals surface area contributed by atoms with Gasteiger partial charge in [0.25, 0.3) is 0 Å². The number of ether oxygens (including phenoxy) is 1. The molecule has 4 rings (SSSR count). The molecule has 1 aromatic heterocycles. The zero-order valence-electron chi connectivity index (χ0n) is 15.6. The maximum Gasteiger partial charge on any atom is 0.107 e. The van der Waals surface area contributed by atoms with Crippen LogP contribution in [0, 0.1) is 20.8 Å². The minimum absolute atomic E-state index is 0.788. The van der Waals surface area contributed by atoms with Crippen LogP contribution in [0.2, 0.25) is 0 Å². The summed E-state index contributed by atoms with van der Waals surface area (Å²) < 4.78 is 8.88. The molecular formula is C21H24BrN3O. The Morgan fingerprint density at radius 3 is 2.65 bits per heavy atom. The molecule has 0 spiro atoms. The van der Waals surface area contributed by atoms with E-state index < -0.39 is 0 Å². The van der Waals surface area contributed by atoms with E-state index in [1.54, 1.807) is 0 Å². The molecule has 3 aromatic rings. The quantitative estimate of drug-likeness (QED) is 0.627. The number of halogens is 1. The third-order valence-electron chi connectivity index (χ3n) is 5.40. The van der Waals surface area contributed by atoms with Crippen molar-refractivity contribution in [2.75, 3.05) is 31.2 Å². The molecule has 0 amide bonds. The van der Waals surface area contributed by atoms with Gasteiger partial charge in [-0.3, -0.25) is 0 Å². The number of hydrogen-bond donors (Lipinski definition) is 0. The van der Waals surface area contributed by atoms with Crippen molar-refractivity contribution in [1.29, 1.82) is 0 Å². The van der Waals surface area contributed by atoms with Crippen LogP contribution in [0.1, 0.15) is 22.5 Å². The fourth-order valence-electron chi connectivity index (χ4n) is 3.64. The number of hydrogen-bond acceptors (Lipinski definition) is 3. The largest absolute Gasteiger partial charge is 0.378 e. The number of imidazole rings is 1. The van der Waals surface area contributed by atoms with Crippen LogP contribution in [0.5, 0.6) is 0 Å². The monoisotopic (exact) mass is 413 g/mol. The molecule has 5 heteroatoms. The number of benzene rings is 2. The van der Waals surface area contributed by atoms with Crippen LogP contribution in [0.3, 0.4) is 0 Å². The first kappa shape index (κ1) is 17.6. The molecule has 1 aliphatic rings. The zero-order chi connectivity index (χ0) is 18.3. The highest BCUT2D eigenvalue weighted by molar-refractivity contribution is 9.10. The Bertz CT molecular complexity index is 958. The van der Waals surface area contributed by atoms with Gasteiger partial charge in [-0.25, -0.2) is 4.98 Å². The van der Waals surface area contributed by atoms with E-state index in [-0.39, 0.29) is 0 Å². The van der Waals surface area contributed by atoms with Gasteiger partial charge in [-0.15, -0.1) is 0 Å². The molecule has 0 aliphatic carbocycles. The molecule has 26 heavy (non-hydrogen) atoms. The van der Waals surface area contributed by atoms with Gasteiger partial charge in [0.15, 0.2) is 0 Å². The van der Waals surface area contributed by atoms with Crippen molar-refractivity contribution < 1.29 is 4.74 Å². The summed E-state index contributed by atoms with van der Waals surface area (Å²) in [6.45, 7) is 10.7. The standard InChI is InChI=1S/C21H24BrN3O/c1-14-5-4-6-17(15(14)2)13-25-16(3)23-21-19(22)11-18(12-20(21)25)24-7-9-26-10-8-24/h4-6,11-12H,7-10,13H2,1-3H3. The average Bonchev–Trinajstić information content (AvgIpc) is 2.96. The Hall–Kier alpha value is -1.85. The smallest absolute Gasteiger partial charge is 0.107 e. The number of rotatable bonds is 3. The zero-order valence-corrected chi connectivity index (χ0v) is 17.1. The van der Waals surface area contributed by atoms with Crippen LogP contribution >= 0.6 is 15.9 Å². The number of morpholine rings is 1. The summed E-state index contributed by atoms with van der Waals surface area (Å²) in [5, 5.41) is 0. The van der Waals surface area contributed by atoms with Crippen molar-refractivity contribution >= 4 is 32.7 Å². The van der Waals surface area contributed by atoms with Crippen molar-refractivity contribution in [2.24, 2.45) is 0 Å². The van der Waals surface area contributed by atoms with E-state index in [0.29, 0.717) is 0 Å². The molecule has 0 atom stereocenters. The maximum absolute atomic E-state index is 5.50. The van der Waals surface area contributed by atoms with Crippen LogP contribution in [0.25, 0.3) is 11.0 Å². The van der Waals surface area contributed by atoms with Gasteiger partial charge >= 0.3 is 0 Å². The molecule has 4 nitrogen and oxygen atoms in total. The van der Waals surface area contributed by atoms with E-state index in [9.17, 15) is 0 Å². The molecule has 0 radical (unpaired) electrons. The lowest BCUT2D eigenvalue weighted by atomic mass is 10.0. The highest BCUT2D eigenvalue weighted by atomic mass is 79.9. The first-order chi connectivity index (χ1) is 12.5. The Morgan fingerprint density at radius 2 is 1.88 bits per heavy atom. The highest BCUT2D eigenvalue weighted by Crippen LogP contribution is 2.31. The second kappa shape index (κ2) is 7.05. The molecular weight excluding hydrogens is 390 g/mol. The third-order valence-corrected chi connectivity index (χ3v) is 6.01. The summed E-state index contributed by atoms with van der Waals surface area (Å²) in [7, 11) is 0. The molecule has 0 N–H and O–H groups in total. The molecule has 1 fully saturated rings. The van der Waals surface area contributed by atoms with Crippen LogP contribution < -0.4 is 4.90 Å². The highest BCUT2D eigenvalue weighted by Gasteiger charge is 2.17. The van der Waals surface area contributed by atoms with Gasteiger partial charge in [0.05, 0.1) is 18.7 Å². The number of nitrogens with zero attached hydrogens (tertiary/aromatic N) is 3. The Labute approximate surface area is 162 Å². The summed E-state index contributed by atoms with van der Waals surface area (Å²) in [4.78, 5) is 7.21. The van der Waals surface area contributed by atoms with Crippen molar-refractivity contribution in [3.63, 3.8) is 0 Å². The van der Waals surface area contributed by atoms with E-state index in [2.05, 4.69) is 76.5 Å². The molecule has 1 aliphatic heterocycles. The average molecular weight is 414 g/mol. The van der Waals surface area contributed by atoms with Gasteiger partial charge < -0.3 is 14.2 Å². The van der Waals surface area contributed by atoms with Crippen molar-refractivity contribution in [3.05, 3.63) is 57.3 Å². The normalized spacial score (nSPS) is 15.0. The van der Waals surface area contributed by atoms with Gasteiger partial charge in [0, 0.05) is 29.8 Å². The van der Waals surface area contributed by atoms with Gasteiger partial charge in [0.1, 0.15) is 11.3 Å². The molecule has 0 bridgehead atoms. The van der Waals surface area contributed by atoms with E-state index in [1.807, 2.05) is 0 Å². The third kappa shape index (κ3) is 3.14. The van der Waals surface area contributed by atoms with E-state index in [4.69, 9.17) is 9.72 Å². The van der Waals surface area contributed by atoms with Gasteiger partial charge in [0.2, 0.25) is 0 Å². The fourth-order valence-corrected chi connectivity index (χ4v) is 4.17. The van der Waals surface area contributed by atoms with E-state index in [1.165, 1.54) is 27.9 Å². The predicted octanol–water partition coefficient (Wildman–Crippen LogP) is 4.61. The number of aryl methyl sites for hydroxylation is 2. The van der Waals surface area contributed by atoms with Crippen molar-refractivity contribution in [2.45, 2.75) is 27.3 Å². The van der Waals surface area contributed by atoms with Crippen molar-refractivity contribution in [1.82, 2.24) is 9.55 Å². The SMILES string of the molecule is Cc1cccc(Cn2c(C)nc3c(Br)cc(N4CCOCC4)cc32)c1C. The second-order valence-corrected chi connectivity index (χ2v) is 7.85. The molecule has 136 valence electrons. The molecule has 2 heterocycles. The predicted molar refractivity (Wildman–Crippen MR) is 110 cm³/mol. The van der Waals surface area contributed by atoms with Crippen LogP contribution in [0.4, 0.5) is 5.69 Å². The van der Waals surface area contributed by atoms with Crippen LogP contribution in [0.15, 0.2) is 34.8 Å². The first-order valence-corrected chi connectivity index (χ1v) is 9.88. The Morgan fingerprint density at radius 1 is 1.12 bits per heavy atom. The minimum atomic E-state index is 0.788. The van der Waals surface area contributed by atoms with Crippen LogP contribution in [-0.2, 0) is 11.3 Å². The van der Waals surface area contributed by atoms with E-state index in [0.717, 1.165) is 48.7 Å². The van der Waals surface area contributed by atoms with Gasteiger partial charge in [-0.2, -0.15) is 0 Å². The summed E-state index contributed by atoms with van der Waals surface area (Å²) in [6.07, 6.45) is 0. The lowest BCUT2D eigenvalue weighted by Crippen LogP contribution is -2.36. The topological polar surface area (TPSA) is 30.3 Å². The minimum Gasteiger partial charge on any atom is -0.378 e. The second-order valence-electron chi connectivity index (χ2n) is 7.00. The molecule has 0 saturated carbocycles. The van der Waals surface area contributed by atoms with Gasteiger partial charge in [-0.05, 0) is 65.5 Å². The fraction of sp³-hybridized carbons (Fsp3) is 0.381. The lowest BCUT2D eigenvalue weighted by molar-refractivity contribution is 0.122. The maximum atomic E-state index is 5.50. The van der Waals surface area contributed by atoms with E-state index >= 15 is 0 Å². The lowest BCUT2D eigenvalue weighted by Gasteiger charge is -2.29. The molecule has 2 aromatic carbocycles. The first-order valence-electron chi connectivity index (χ1n) is 9.09. The summed E-state index contributed by atoms with van der Waals surface area (Å²) in [5.74, 6) is 1.04. The number of anilines is 1. The number of fused-ring (bicyclic) bond motifs is 1. The van der Waals surface area contributed by atoms with Crippen LogP contribution in [-0.4, -0.2) is 35.9 Å². The van der Waals surface area contributed by atoms with Crippen molar-refractivity contribution in [3.8, 4) is 0 Å². The Kier molecular flexibility index (Phi) is 4.76. The Balaban J connectivity index is 1.80. The number of aromatic nitrogens is 2.